The summed E-state index contributed by atoms with van der Waals surface area (Å²) in [5.74, 6) is 1.96. The van der Waals surface area contributed by atoms with Gasteiger partial charge in [-0.1, -0.05) is 0 Å². The molecule has 5 fully saturated rings. The number of amides is 2. The van der Waals surface area contributed by atoms with Crippen LogP contribution in [0, 0.1) is 37.0 Å². The van der Waals surface area contributed by atoms with Crippen LogP contribution in [0.3, 0.4) is 0 Å². The van der Waals surface area contributed by atoms with Gasteiger partial charge >= 0.3 is 6.09 Å². The fourth-order valence-electron chi connectivity index (χ4n) is 6.74. The number of hydrogen-bond acceptors (Lipinski definition) is 5. The molecular formula is C22H30N4O3. The van der Waals surface area contributed by atoms with Gasteiger partial charge in [-0.15, -0.1) is 0 Å². The van der Waals surface area contributed by atoms with Gasteiger partial charge in [0.05, 0.1) is 5.41 Å². The van der Waals surface area contributed by atoms with E-state index in [-0.39, 0.29) is 41.3 Å². The molecule has 4 bridgehead atoms. The highest BCUT2D eigenvalue weighted by molar-refractivity contribution is 5.81. The van der Waals surface area contributed by atoms with Crippen molar-refractivity contribution in [2.45, 2.75) is 64.4 Å². The Balaban J connectivity index is 1.24. The van der Waals surface area contributed by atoms with E-state index in [0.29, 0.717) is 19.0 Å². The minimum atomic E-state index is -0.349. The van der Waals surface area contributed by atoms with Gasteiger partial charge in [-0.2, -0.15) is 0 Å². The maximum atomic E-state index is 12.9. The van der Waals surface area contributed by atoms with Crippen molar-refractivity contribution in [3.63, 3.8) is 0 Å². The Morgan fingerprint density at radius 3 is 2.41 bits per heavy atom. The van der Waals surface area contributed by atoms with Crippen molar-refractivity contribution in [1.29, 1.82) is 0 Å². The first-order valence-corrected chi connectivity index (χ1v) is 10.9. The number of carbonyl (C=O) groups is 2. The van der Waals surface area contributed by atoms with Crippen molar-refractivity contribution < 1.29 is 14.3 Å². The second-order valence-corrected chi connectivity index (χ2v) is 9.90. The van der Waals surface area contributed by atoms with Crippen molar-refractivity contribution >= 4 is 12.0 Å². The van der Waals surface area contributed by atoms with E-state index in [1.807, 2.05) is 19.9 Å². The van der Waals surface area contributed by atoms with E-state index in [9.17, 15) is 9.59 Å². The molecule has 5 unspecified atom stereocenters. The van der Waals surface area contributed by atoms with Crippen LogP contribution < -0.4 is 5.73 Å². The van der Waals surface area contributed by atoms with Gasteiger partial charge in [0, 0.05) is 30.4 Å². The Morgan fingerprint density at radius 2 is 1.79 bits per heavy atom. The van der Waals surface area contributed by atoms with Crippen LogP contribution >= 0.6 is 0 Å². The van der Waals surface area contributed by atoms with Crippen molar-refractivity contribution in [3.05, 3.63) is 23.3 Å². The van der Waals surface area contributed by atoms with E-state index < -0.39 is 0 Å². The van der Waals surface area contributed by atoms with Gasteiger partial charge in [0.2, 0.25) is 5.91 Å². The molecule has 2 heterocycles. The van der Waals surface area contributed by atoms with Crippen LogP contribution in [0.2, 0.25) is 0 Å². The van der Waals surface area contributed by atoms with Gasteiger partial charge < -0.3 is 15.4 Å². The summed E-state index contributed by atoms with van der Waals surface area (Å²) in [5, 5.41) is 0. The number of rotatable bonds is 3. The molecule has 0 radical (unpaired) electrons. The first-order valence-electron chi connectivity index (χ1n) is 10.9. The minimum absolute atomic E-state index is 0.0666. The third-order valence-electron chi connectivity index (χ3n) is 7.76. The number of ether oxygens (including phenoxy) is 1. The SMILES string of the molecule is Cc1cc(C)nc(C2CCN(C(=O)OC3C4CC5C[C@H]3CC(C(N)=O)(C5)C4)C2)n1. The largest absolute Gasteiger partial charge is 0.446 e. The molecule has 5 aliphatic rings. The van der Waals surface area contributed by atoms with Crippen LogP contribution in [-0.4, -0.2) is 46.1 Å². The molecule has 1 saturated heterocycles. The first kappa shape index (κ1) is 18.8. The van der Waals surface area contributed by atoms with Crippen molar-refractivity contribution in [3.8, 4) is 0 Å². The predicted octanol–water partition coefficient (Wildman–Crippen LogP) is 2.70. The van der Waals surface area contributed by atoms with E-state index in [1.54, 1.807) is 4.90 Å². The van der Waals surface area contributed by atoms with Crippen molar-refractivity contribution in [1.82, 2.24) is 14.9 Å². The Hall–Kier alpha value is -2.18. The first-order chi connectivity index (χ1) is 13.8. The lowest BCUT2D eigenvalue weighted by Gasteiger charge is -2.58. The number of hydrogen-bond donors (Lipinski definition) is 1. The lowest BCUT2D eigenvalue weighted by molar-refractivity contribution is -0.161. The Morgan fingerprint density at radius 1 is 1.14 bits per heavy atom. The van der Waals surface area contributed by atoms with Gasteiger partial charge in [-0.3, -0.25) is 4.79 Å². The van der Waals surface area contributed by atoms with Gasteiger partial charge in [0.1, 0.15) is 11.9 Å². The van der Waals surface area contributed by atoms with Crippen LogP contribution in [-0.2, 0) is 9.53 Å². The zero-order valence-electron chi connectivity index (χ0n) is 17.3. The average molecular weight is 399 g/mol. The van der Waals surface area contributed by atoms with E-state index in [4.69, 9.17) is 10.5 Å². The number of carbonyl (C=O) groups excluding carboxylic acids is 2. The topological polar surface area (TPSA) is 98.4 Å². The second-order valence-electron chi connectivity index (χ2n) is 9.90. The van der Waals surface area contributed by atoms with E-state index in [2.05, 4.69) is 9.97 Å². The molecule has 156 valence electrons. The zero-order valence-corrected chi connectivity index (χ0v) is 17.3. The van der Waals surface area contributed by atoms with Gasteiger partial charge in [0.15, 0.2) is 0 Å². The Kier molecular flexibility index (Phi) is 4.33. The molecule has 2 N–H and O–H groups in total. The minimum Gasteiger partial charge on any atom is -0.446 e. The molecule has 1 aliphatic heterocycles. The number of nitrogens with two attached hydrogens (primary N) is 1. The van der Waals surface area contributed by atoms with Crippen LogP contribution in [0.5, 0.6) is 0 Å². The summed E-state index contributed by atoms with van der Waals surface area (Å²) in [6.07, 6.45) is 5.19. The normalized spacial score (nSPS) is 37.7. The number of aromatic nitrogens is 2. The molecule has 7 nitrogen and oxygen atoms in total. The summed E-state index contributed by atoms with van der Waals surface area (Å²) >= 11 is 0. The van der Waals surface area contributed by atoms with E-state index in [0.717, 1.165) is 55.7 Å². The quantitative estimate of drug-likeness (QED) is 0.844. The summed E-state index contributed by atoms with van der Waals surface area (Å²) in [6.45, 7) is 5.24. The number of likely N-dealkylation sites (tertiary alicyclic amines) is 1. The highest BCUT2D eigenvalue weighted by Crippen LogP contribution is 2.60. The lowest BCUT2D eigenvalue weighted by atomic mass is 9.48. The molecular weight excluding hydrogens is 368 g/mol. The third-order valence-corrected chi connectivity index (χ3v) is 7.76. The molecule has 0 spiro atoms. The lowest BCUT2D eigenvalue weighted by Crippen LogP contribution is -2.59. The average Bonchev–Trinajstić information content (AvgIpc) is 3.13. The molecule has 7 heteroatoms. The van der Waals surface area contributed by atoms with Crippen molar-refractivity contribution in [2.24, 2.45) is 28.9 Å². The number of nitrogens with zero attached hydrogens (tertiary/aromatic N) is 3. The van der Waals surface area contributed by atoms with E-state index in [1.165, 1.54) is 0 Å². The summed E-state index contributed by atoms with van der Waals surface area (Å²) in [7, 11) is 0. The van der Waals surface area contributed by atoms with E-state index >= 15 is 0 Å². The molecule has 1 aromatic heterocycles. The fourth-order valence-corrected chi connectivity index (χ4v) is 6.74. The van der Waals surface area contributed by atoms with Gasteiger partial charge in [-0.25, -0.2) is 14.8 Å². The molecule has 6 rings (SSSR count). The summed E-state index contributed by atoms with van der Waals surface area (Å²) in [5.41, 5.74) is 7.34. The number of aryl methyl sites for hydroxylation is 2. The standard InChI is InChI=1S/C22H30N4O3/c1-12-5-13(2)25-19(24-12)15-3-4-26(11-15)21(28)29-18-16-6-14-7-17(18)10-22(8-14,9-16)20(23)27/h5,14-18H,3-4,6-11H2,1-2H3,(H2,23,27)/t14?,15?,16-,17?,18?,22?/m0/s1. The Labute approximate surface area is 171 Å². The molecule has 4 saturated carbocycles. The zero-order chi connectivity index (χ0) is 20.3. The van der Waals surface area contributed by atoms with Gasteiger partial charge in [0.25, 0.3) is 0 Å². The maximum absolute atomic E-state index is 12.9. The molecule has 6 atom stereocenters. The van der Waals surface area contributed by atoms with Crippen LogP contribution in [0.1, 0.15) is 61.7 Å². The maximum Gasteiger partial charge on any atom is 0.410 e. The van der Waals surface area contributed by atoms with Crippen LogP contribution in [0.4, 0.5) is 4.79 Å². The Bertz CT molecular complexity index is 820. The van der Waals surface area contributed by atoms with Crippen molar-refractivity contribution in [2.75, 3.05) is 13.1 Å². The molecule has 4 aliphatic carbocycles. The molecule has 2 amide bonds. The molecule has 29 heavy (non-hydrogen) atoms. The predicted molar refractivity (Wildman–Crippen MR) is 106 cm³/mol. The fraction of sp³-hybridized carbons (Fsp3) is 0.727. The highest BCUT2D eigenvalue weighted by Gasteiger charge is 2.59. The number of primary amides is 1. The molecule has 0 aromatic carbocycles. The van der Waals surface area contributed by atoms with Crippen LogP contribution in [0.15, 0.2) is 6.07 Å². The summed E-state index contributed by atoms with van der Waals surface area (Å²) in [6, 6.07) is 1.97. The monoisotopic (exact) mass is 398 g/mol. The summed E-state index contributed by atoms with van der Waals surface area (Å²) in [4.78, 5) is 36.0. The second kappa shape index (κ2) is 6.67. The smallest absolute Gasteiger partial charge is 0.410 e. The third kappa shape index (κ3) is 3.19. The summed E-state index contributed by atoms with van der Waals surface area (Å²) < 4.78 is 6.06. The highest BCUT2D eigenvalue weighted by atomic mass is 16.6. The molecule has 1 aromatic rings. The van der Waals surface area contributed by atoms with Gasteiger partial charge in [-0.05, 0) is 76.2 Å². The van der Waals surface area contributed by atoms with Crippen LogP contribution in [0.25, 0.3) is 0 Å².